The quantitative estimate of drug-likeness (QED) is 0.896. The lowest BCUT2D eigenvalue weighted by atomic mass is 10.1. The first-order valence-corrected chi connectivity index (χ1v) is 7.79. The van der Waals surface area contributed by atoms with E-state index in [0.717, 1.165) is 6.07 Å². The summed E-state index contributed by atoms with van der Waals surface area (Å²) >= 11 is 0. The molecule has 1 fully saturated rings. The molecule has 1 aliphatic heterocycles. The number of hydrogen-bond acceptors (Lipinski definition) is 3. The molecule has 1 aromatic rings. The second kappa shape index (κ2) is 5.19. The van der Waals surface area contributed by atoms with Crippen molar-refractivity contribution in [3.8, 4) is 0 Å². The average Bonchev–Trinajstić information content (AvgIpc) is 2.35. The van der Waals surface area contributed by atoms with Gasteiger partial charge >= 0.3 is 0 Å². The summed E-state index contributed by atoms with van der Waals surface area (Å²) in [5, 5.41) is 3.23. The monoisotopic (exact) mass is 286 g/mol. The summed E-state index contributed by atoms with van der Waals surface area (Å²) in [4.78, 5) is 0.0246. The maximum absolute atomic E-state index is 13.6. The van der Waals surface area contributed by atoms with Crippen LogP contribution in [-0.4, -0.2) is 37.9 Å². The van der Waals surface area contributed by atoms with Crippen molar-refractivity contribution in [1.82, 2.24) is 9.62 Å². The zero-order valence-corrected chi connectivity index (χ0v) is 12.2. The molecule has 2 atom stereocenters. The molecule has 1 saturated heterocycles. The minimum absolute atomic E-state index is 0.0246. The topological polar surface area (TPSA) is 49.4 Å². The molecule has 2 rings (SSSR count). The van der Waals surface area contributed by atoms with E-state index in [-0.39, 0.29) is 17.0 Å². The van der Waals surface area contributed by atoms with E-state index in [4.69, 9.17) is 0 Å². The van der Waals surface area contributed by atoms with Crippen LogP contribution >= 0.6 is 0 Å². The first-order chi connectivity index (χ1) is 8.84. The average molecular weight is 286 g/mol. The molecule has 1 aliphatic rings. The van der Waals surface area contributed by atoms with Crippen LogP contribution in [0.1, 0.15) is 19.4 Å². The summed E-state index contributed by atoms with van der Waals surface area (Å²) in [7, 11) is -3.63. The second-order valence-corrected chi connectivity index (χ2v) is 6.90. The van der Waals surface area contributed by atoms with Gasteiger partial charge in [0.15, 0.2) is 0 Å². The molecule has 0 amide bonds. The summed E-state index contributed by atoms with van der Waals surface area (Å²) in [6.07, 6.45) is 0. The molecular weight excluding hydrogens is 267 g/mol. The molecule has 4 nitrogen and oxygen atoms in total. The van der Waals surface area contributed by atoms with Crippen LogP contribution in [0.25, 0.3) is 0 Å². The predicted molar refractivity (Wildman–Crippen MR) is 72.0 cm³/mol. The van der Waals surface area contributed by atoms with E-state index in [9.17, 15) is 12.8 Å². The van der Waals surface area contributed by atoms with E-state index in [1.807, 2.05) is 13.8 Å². The van der Waals surface area contributed by atoms with Gasteiger partial charge in [-0.3, -0.25) is 0 Å². The molecule has 0 radical (unpaired) electrons. The molecule has 0 aliphatic carbocycles. The van der Waals surface area contributed by atoms with Crippen molar-refractivity contribution in [3.63, 3.8) is 0 Å². The Balaban J connectivity index is 2.38. The van der Waals surface area contributed by atoms with Crippen LogP contribution in [0.2, 0.25) is 0 Å². The Morgan fingerprint density at radius 3 is 2.68 bits per heavy atom. The Kier molecular flexibility index (Phi) is 3.94. The summed E-state index contributed by atoms with van der Waals surface area (Å²) in [5.41, 5.74) is 0.445. The van der Waals surface area contributed by atoms with Gasteiger partial charge in [0.05, 0.1) is 4.90 Å². The van der Waals surface area contributed by atoms with Gasteiger partial charge in [0.25, 0.3) is 0 Å². The Bertz CT molecular complexity index is 574. The van der Waals surface area contributed by atoms with Gasteiger partial charge in [-0.1, -0.05) is 6.07 Å². The molecule has 1 aromatic carbocycles. The third kappa shape index (κ3) is 2.66. The van der Waals surface area contributed by atoms with E-state index >= 15 is 0 Å². The molecule has 19 heavy (non-hydrogen) atoms. The standard InChI is InChI=1S/C13H19FN2O2S/c1-9-4-5-12(8-13(9)14)19(17,18)16-7-6-15-10(2)11(16)3/h4-5,8,10-11,15H,6-7H2,1-3H3. The normalized spacial score (nSPS) is 25.5. The lowest BCUT2D eigenvalue weighted by molar-refractivity contribution is 0.233. The van der Waals surface area contributed by atoms with Crippen LogP contribution in [0.3, 0.4) is 0 Å². The molecule has 6 heteroatoms. The fraction of sp³-hybridized carbons (Fsp3) is 0.538. The first-order valence-electron chi connectivity index (χ1n) is 6.35. The number of aryl methyl sites for hydroxylation is 1. The summed E-state index contributed by atoms with van der Waals surface area (Å²) in [6, 6.07) is 4.00. The van der Waals surface area contributed by atoms with Gasteiger partial charge in [-0.05, 0) is 38.5 Å². The van der Waals surface area contributed by atoms with Crippen molar-refractivity contribution < 1.29 is 12.8 Å². The molecule has 106 valence electrons. The lowest BCUT2D eigenvalue weighted by Crippen LogP contribution is -2.57. The van der Waals surface area contributed by atoms with Crippen molar-refractivity contribution in [1.29, 1.82) is 0 Å². The number of piperazine rings is 1. The Morgan fingerprint density at radius 1 is 1.37 bits per heavy atom. The first kappa shape index (κ1) is 14.4. The van der Waals surface area contributed by atoms with Crippen LogP contribution < -0.4 is 5.32 Å². The van der Waals surface area contributed by atoms with Gasteiger partial charge in [0.1, 0.15) is 5.82 Å². The van der Waals surface area contributed by atoms with Crippen LogP contribution in [0.4, 0.5) is 4.39 Å². The number of hydrogen-bond donors (Lipinski definition) is 1. The Hall–Kier alpha value is -0.980. The van der Waals surface area contributed by atoms with E-state index in [0.29, 0.717) is 18.7 Å². The van der Waals surface area contributed by atoms with Crippen LogP contribution in [-0.2, 0) is 10.0 Å². The maximum atomic E-state index is 13.6. The van der Waals surface area contributed by atoms with Gasteiger partial charge in [0.2, 0.25) is 10.0 Å². The largest absolute Gasteiger partial charge is 0.311 e. The number of sulfonamides is 1. The molecule has 0 aromatic heterocycles. The molecule has 1 heterocycles. The molecule has 2 unspecified atom stereocenters. The highest BCUT2D eigenvalue weighted by Crippen LogP contribution is 2.22. The van der Waals surface area contributed by atoms with E-state index in [1.54, 1.807) is 6.92 Å². The minimum Gasteiger partial charge on any atom is -0.311 e. The summed E-state index contributed by atoms with van der Waals surface area (Å²) in [6.45, 7) is 6.44. The second-order valence-electron chi connectivity index (χ2n) is 5.01. The summed E-state index contributed by atoms with van der Waals surface area (Å²) in [5.74, 6) is -0.489. The van der Waals surface area contributed by atoms with Gasteiger partial charge in [-0.2, -0.15) is 4.31 Å². The van der Waals surface area contributed by atoms with Crippen molar-refractivity contribution in [2.45, 2.75) is 37.8 Å². The highest BCUT2D eigenvalue weighted by atomic mass is 32.2. The molecule has 1 N–H and O–H groups in total. The van der Waals surface area contributed by atoms with E-state index in [2.05, 4.69) is 5.32 Å². The molecule has 0 spiro atoms. The Morgan fingerprint density at radius 2 is 2.05 bits per heavy atom. The van der Waals surface area contributed by atoms with Crippen molar-refractivity contribution in [2.75, 3.05) is 13.1 Å². The molecule has 0 saturated carbocycles. The van der Waals surface area contributed by atoms with Crippen LogP contribution in [0, 0.1) is 12.7 Å². The van der Waals surface area contributed by atoms with Crippen molar-refractivity contribution >= 4 is 10.0 Å². The molecular formula is C13H19FN2O2S. The fourth-order valence-corrected chi connectivity index (χ4v) is 3.95. The predicted octanol–water partition coefficient (Wildman–Crippen LogP) is 1.51. The number of halogens is 1. The van der Waals surface area contributed by atoms with Gasteiger partial charge < -0.3 is 5.32 Å². The van der Waals surface area contributed by atoms with Crippen LogP contribution in [0.5, 0.6) is 0 Å². The highest BCUT2D eigenvalue weighted by molar-refractivity contribution is 7.89. The van der Waals surface area contributed by atoms with Gasteiger partial charge in [-0.25, -0.2) is 12.8 Å². The van der Waals surface area contributed by atoms with Crippen molar-refractivity contribution in [3.05, 3.63) is 29.6 Å². The third-order valence-electron chi connectivity index (χ3n) is 3.73. The zero-order valence-electron chi connectivity index (χ0n) is 11.4. The van der Waals surface area contributed by atoms with Gasteiger partial charge in [0, 0.05) is 25.2 Å². The van der Waals surface area contributed by atoms with Gasteiger partial charge in [-0.15, -0.1) is 0 Å². The Labute approximate surface area is 113 Å². The maximum Gasteiger partial charge on any atom is 0.243 e. The van der Waals surface area contributed by atoms with Crippen LogP contribution in [0.15, 0.2) is 23.1 Å². The zero-order chi connectivity index (χ0) is 14.2. The highest BCUT2D eigenvalue weighted by Gasteiger charge is 2.34. The number of nitrogens with one attached hydrogen (secondary N) is 1. The third-order valence-corrected chi connectivity index (χ3v) is 5.71. The minimum atomic E-state index is -3.63. The number of rotatable bonds is 2. The summed E-state index contributed by atoms with van der Waals surface area (Å²) < 4.78 is 40.1. The van der Waals surface area contributed by atoms with Crippen molar-refractivity contribution in [2.24, 2.45) is 0 Å². The van der Waals surface area contributed by atoms with E-state index < -0.39 is 15.8 Å². The number of benzene rings is 1. The lowest BCUT2D eigenvalue weighted by Gasteiger charge is -2.37. The van der Waals surface area contributed by atoms with E-state index in [1.165, 1.54) is 16.4 Å². The fourth-order valence-electron chi connectivity index (χ4n) is 2.23. The SMILES string of the molecule is Cc1ccc(S(=O)(=O)N2CCNC(C)C2C)cc1F. The smallest absolute Gasteiger partial charge is 0.243 e. The molecule has 0 bridgehead atoms. The number of nitrogens with zero attached hydrogens (tertiary/aromatic N) is 1.